The number of pyridine rings is 1. The molecule has 0 radical (unpaired) electrons. The molecule has 2 aromatic rings. The first kappa shape index (κ1) is 15.8. The second-order valence-electron chi connectivity index (χ2n) is 4.53. The largest absolute Gasteiger partial charge is 0.355 e. The molecule has 0 amide bonds. The summed E-state index contributed by atoms with van der Waals surface area (Å²) in [6.45, 7) is 4.60. The van der Waals surface area contributed by atoms with E-state index >= 15 is 0 Å². The Labute approximate surface area is 137 Å². The maximum absolute atomic E-state index is 6.17. The van der Waals surface area contributed by atoms with Crippen LogP contribution in [0.4, 0.5) is 5.82 Å². The summed E-state index contributed by atoms with van der Waals surface area (Å²) >= 11 is 11.4. The van der Waals surface area contributed by atoms with Crippen LogP contribution in [-0.2, 0) is 13.1 Å². The van der Waals surface area contributed by atoms with Crippen molar-refractivity contribution < 1.29 is 0 Å². The van der Waals surface area contributed by atoms with E-state index in [0.29, 0.717) is 5.02 Å². The fourth-order valence-electron chi connectivity index (χ4n) is 1.86. The molecule has 108 valence electrons. The predicted molar refractivity (Wildman–Crippen MR) is 90.8 cm³/mol. The molecule has 2 aromatic heterocycles. The number of aromatic nitrogens is 1. The van der Waals surface area contributed by atoms with Crippen molar-refractivity contribution in [1.82, 2.24) is 10.3 Å². The van der Waals surface area contributed by atoms with Crippen molar-refractivity contribution in [3.05, 3.63) is 43.6 Å². The van der Waals surface area contributed by atoms with E-state index in [1.54, 1.807) is 17.5 Å². The molecular weight excluding hydrogens is 358 g/mol. The third-order valence-electron chi connectivity index (χ3n) is 2.92. The van der Waals surface area contributed by atoms with Crippen molar-refractivity contribution in [3.8, 4) is 0 Å². The highest BCUT2D eigenvalue weighted by atomic mass is 79.9. The van der Waals surface area contributed by atoms with Crippen LogP contribution in [0.15, 0.2) is 27.5 Å². The Kier molecular flexibility index (Phi) is 5.84. The van der Waals surface area contributed by atoms with E-state index in [1.165, 1.54) is 5.56 Å². The summed E-state index contributed by atoms with van der Waals surface area (Å²) in [7, 11) is 2.04. The summed E-state index contributed by atoms with van der Waals surface area (Å²) in [5, 5.41) is 6.15. The number of rotatable bonds is 6. The summed E-state index contributed by atoms with van der Waals surface area (Å²) in [5.74, 6) is 0.935. The van der Waals surface area contributed by atoms with Gasteiger partial charge in [-0.1, -0.05) is 18.5 Å². The topological polar surface area (TPSA) is 28.2 Å². The molecule has 0 saturated carbocycles. The molecular formula is C14H17BrClN3S. The summed E-state index contributed by atoms with van der Waals surface area (Å²) in [6, 6.07) is 4.18. The van der Waals surface area contributed by atoms with Crippen LogP contribution in [0.5, 0.6) is 0 Å². The first-order chi connectivity index (χ1) is 9.60. The molecule has 0 fully saturated rings. The van der Waals surface area contributed by atoms with Gasteiger partial charge in [-0.05, 0) is 51.1 Å². The van der Waals surface area contributed by atoms with Gasteiger partial charge < -0.3 is 10.2 Å². The number of halogens is 2. The predicted octanol–water partition coefficient (Wildman–Crippen LogP) is 4.30. The standard InChI is InChI=1S/C14H17BrClN3S/c1-3-17-6-11-5-14(18-7-12(11)16)19(2)8-10-4-13(15)20-9-10/h4-5,7,9,17H,3,6,8H2,1-2H3. The van der Waals surface area contributed by atoms with Gasteiger partial charge in [0.2, 0.25) is 0 Å². The monoisotopic (exact) mass is 373 g/mol. The smallest absolute Gasteiger partial charge is 0.128 e. The summed E-state index contributed by atoms with van der Waals surface area (Å²) in [6.07, 6.45) is 1.73. The van der Waals surface area contributed by atoms with Crippen molar-refractivity contribution in [2.24, 2.45) is 0 Å². The van der Waals surface area contributed by atoms with Gasteiger partial charge in [-0.15, -0.1) is 11.3 Å². The van der Waals surface area contributed by atoms with Crippen LogP contribution in [0.1, 0.15) is 18.1 Å². The fourth-order valence-corrected chi connectivity index (χ4v) is 3.23. The summed E-state index contributed by atoms with van der Waals surface area (Å²) < 4.78 is 1.15. The minimum Gasteiger partial charge on any atom is -0.355 e. The van der Waals surface area contributed by atoms with Crippen LogP contribution >= 0.6 is 38.9 Å². The van der Waals surface area contributed by atoms with Crippen molar-refractivity contribution in [2.75, 3.05) is 18.5 Å². The Morgan fingerprint density at radius 1 is 1.45 bits per heavy atom. The molecule has 0 saturated heterocycles. The molecule has 0 bridgehead atoms. The van der Waals surface area contributed by atoms with Gasteiger partial charge >= 0.3 is 0 Å². The number of hydrogen-bond donors (Lipinski definition) is 1. The number of nitrogens with one attached hydrogen (secondary N) is 1. The maximum Gasteiger partial charge on any atom is 0.128 e. The van der Waals surface area contributed by atoms with Gasteiger partial charge in [-0.3, -0.25) is 0 Å². The van der Waals surface area contributed by atoms with Crippen LogP contribution in [0.2, 0.25) is 5.02 Å². The van der Waals surface area contributed by atoms with E-state index in [0.717, 1.165) is 34.8 Å². The number of anilines is 1. The van der Waals surface area contributed by atoms with Gasteiger partial charge in [0.1, 0.15) is 5.82 Å². The van der Waals surface area contributed by atoms with E-state index in [1.807, 2.05) is 13.1 Å². The van der Waals surface area contributed by atoms with E-state index in [2.05, 4.69) is 49.5 Å². The molecule has 0 aliphatic heterocycles. The second kappa shape index (κ2) is 7.41. The van der Waals surface area contributed by atoms with E-state index in [-0.39, 0.29) is 0 Å². The lowest BCUT2D eigenvalue weighted by Crippen LogP contribution is -2.18. The first-order valence-corrected chi connectivity index (χ1v) is 8.44. The zero-order chi connectivity index (χ0) is 14.5. The van der Waals surface area contributed by atoms with E-state index < -0.39 is 0 Å². The Morgan fingerprint density at radius 2 is 2.25 bits per heavy atom. The zero-order valence-corrected chi connectivity index (χ0v) is 14.6. The van der Waals surface area contributed by atoms with Crippen LogP contribution < -0.4 is 10.2 Å². The highest BCUT2D eigenvalue weighted by Crippen LogP contribution is 2.24. The molecule has 2 rings (SSSR count). The average Bonchev–Trinajstić information content (AvgIpc) is 2.83. The number of thiophene rings is 1. The van der Waals surface area contributed by atoms with Crippen molar-refractivity contribution >= 4 is 44.7 Å². The van der Waals surface area contributed by atoms with Gasteiger partial charge in [-0.25, -0.2) is 4.98 Å². The highest BCUT2D eigenvalue weighted by Gasteiger charge is 2.08. The van der Waals surface area contributed by atoms with Crippen LogP contribution in [-0.4, -0.2) is 18.6 Å². The highest BCUT2D eigenvalue weighted by molar-refractivity contribution is 9.11. The van der Waals surface area contributed by atoms with Gasteiger partial charge in [0, 0.05) is 26.3 Å². The Morgan fingerprint density at radius 3 is 2.90 bits per heavy atom. The average molecular weight is 375 g/mol. The van der Waals surface area contributed by atoms with Crippen LogP contribution in [0.25, 0.3) is 0 Å². The van der Waals surface area contributed by atoms with Crippen molar-refractivity contribution in [3.63, 3.8) is 0 Å². The number of nitrogens with zero attached hydrogens (tertiary/aromatic N) is 2. The van der Waals surface area contributed by atoms with E-state index in [9.17, 15) is 0 Å². The van der Waals surface area contributed by atoms with Gasteiger partial charge in [0.05, 0.1) is 8.81 Å². The van der Waals surface area contributed by atoms with Crippen molar-refractivity contribution in [1.29, 1.82) is 0 Å². The molecule has 0 unspecified atom stereocenters. The van der Waals surface area contributed by atoms with Gasteiger partial charge in [0.25, 0.3) is 0 Å². The molecule has 1 N–H and O–H groups in total. The molecule has 6 heteroatoms. The SMILES string of the molecule is CCNCc1cc(N(C)Cc2csc(Br)c2)ncc1Cl. The molecule has 3 nitrogen and oxygen atoms in total. The maximum atomic E-state index is 6.17. The fraction of sp³-hybridized carbons (Fsp3) is 0.357. The lowest BCUT2D eigenvalue weighted by Gasteiger charge is -2.18. The lowest BCUT2D eigenvalue weighted by atomic mass is 10.2. The first-order valence-electron chi connectivity index (χ1n) is 6.39. The summed E-state index contributed by atoms with van der Waals surface area (Å²) in [4.78, 5) is 6.53. The molecule has 0 aliphatic rings. The normalized spacial score (nSPS) is 10.8. The Bertz CT molecular complexity index is 573. The third kappa shape index (κ3) is 4.19. The lowest BCUT2D eigenvalue weighted by molar-refractivity contribution is 0.725. The molecule has 0 spiro atoms. The molecule has 0 atom stereocenters. The third-order valence-corrected chi connectivity index (χ3v) is 4.81. The van der Waals surface area contributed by atoms with Gasteiger partial charge in [-0.2, -0.15) is 0 Å². The van der Waals surface area contributed by atoms with E-state index in [4.69, 9.17) is 11.6 Å². The summed E-state index contributed by atoms with van der Waals surface area (Å²) in [5.41, 5.74) is 2.35. The Hall–Kier alpha value is -0.620. The quantitative estimate of drug-likeness (QED) is 0.817. The number of hydrogen-bond acceptors (Lipinski definition) is 4. The second-order valence-corrected chi connectivity index (χ2v) is 7.23. The minimum atomic E-state index is 0.710. The molecule has 0 aromatic carbocycles. The molecule has 20 heavy (non-hydrogen) atoms. The van der Waals surface area contributed by atoms with Crippen molar-refractivity contribution in [2.45, 2.75) is 20.0 Å². The van der Waals surface area contributed by atoms with Gasteiger partial charge in [0.15, 0.2) is 0 Å². The van der Waals surface area contributed by atoms with Crippen LogP contribution in [0, 0.1) is 0 Å². The zero-order valence-electron chi connectivity index (χ0n) is 11.5. The van der Waals surface area contributed by atoms with Crippen LogP contribution in [0.3, 0.4) is 0 Å². The molecule has 2 heterocycles. The molecule has 0 aliphatic carbocycles. The minimum absolute atomic E-state index is 0.710. The Balaban J connectivity index is 2.10.